The van der Waals surface area contributed by atoms with Gasteiger partial charge in [-0.05, 0) is 12.1 Å². The molecule has 1 aromatic carbocycles. The van der Waals surface area contributed by atoms with Crippen molar-refractivity contribution in [2.75, 3.05) is 0 Å². The third-order valence-electron chi connectivity index (χ3n) is 2.16. The molecule has 1 aromatic heterocycles. The molecule has 15 heavy (non-hydrogen) atoms. The Kier molecular flexibility index (Phi) is 2.62. The minimum Gasteiger partial charge on any atom is -0.326 e. The van der Waals surface area contributed by atoms with Gasteiger partial charge < -0.3 is 5.73 Å². The summed E-state index contributed by atoms with van der Waals surface area (Å²) in [4.78, 5) is 11.7. The Balaban J connectivity index is 2.60. The second-order valence-electron chi connectivity index (χ2n) is 3.09. The first-order valence-corrected chi connectivity index (χ1v) is 4.86. The highest BCUT2D eigenvalue weighted by Gasteiger charge is 2.08. The molecule has 0 aliphatic heterocycles. The highest BCUT2D eigenvalue weighted by atomic mass is 35.5. The summed E-state index contributed by atoms with van der Waals surface area (Å²) >= 11 is 5.97. The first-order chi connectivity index (χ1) is 7.24. The number of nitrogens with one attached hydrogen (secondary N) is 1. The summed E-state index contributed by atoms with van der Waals surface area (Å²) < 4.78 is 1.38. The number of hydrogen-bond donors (Lipinski definition) is 2. The molecule has 0 fully saturated rings. The summed E-state index contributed by atoms with van der Waals surface area (Å²) in [5, 5.41) is 3.34. The fourth-order valence-corrected chi connectivity index (χ4v) is 1.58. The van der Waals surface area contributed by atoms with Crippen molar-refractivity contribution in [2.45, 2.75) is 6.54 Å². The fourth-order valence-electron chi connectivity index (χ4n) is 1.36. The molecule has 5 heteroatoms. The van der Waals surface area contributed by atoms with E-state index in [1.165, 1.54) is 4.68 Å². The fraction of sp³-hybridized carbons (Fsp3) is 0.100. The number of hydrogen-bond acceptors (Lipinski definition) is 2. The van der Waals surface area contributed by atoms with Gasteiger partial charge in [-0.3, -0.25) is 9.89 Å². The van der Waals surface area contributed by atoms with E-state index in [2.05, 4.69) is 5.10 Å². The zero-order valence-electron chi connectivity index (χ0n) is 7.90. The van der Waals surface area contributed by atoms with Crippen molar-refractivity contribution >= 4 is 11.6 Å². The number of para-hydroxylation sites is 1. The Hall–Kier alpha value is -1.52. The summed E-state index contributed by atoms with van der Waals surface area (Å²) in [6.07, 6.45) is 1.59. The number of halogens is 1. The number of nitrogens with zero attached hydrogens (tertiary/aromatic N) is 1. The normalized spacial score (nSPS) is 10.5. The van der Waals surface area contributed by atoms with Crippen LogP contribution in [0, 0.1) is 0 Å². The zero-order valence-corrected chi connectivity index (χ0v) is 8.66. The molecular weight excluding hydrogens is 214 g/mol. The maximum absolute atomic E-state index is 11.7. The van der Waals surface area contributed by atoms with Crippen molar-refractivity contribution in [1.29, 1.82) is 0 Å². The van der Waals surface area contributed by atoms with Gasteiger partial charge in [0.25, 0.3) is 5.56 Å². The number of H-pyrrole nitrogens is 1. The van der Waals surface area contributed by atoms with Crippen LogP contribution in [0.4, 0.5) is 0 Å². The molecule has 0 atom stereocenters. The van der Waals surface area contributed by atoms with E-state index in [9.17, 15) is 4.79 Å². The lowest BCUT2D eigenvalue weighted by atomic mass is 10.3. The van der Waals surface area contributed by atoms with Crippen molar-refractivity contribution in [3.05, 3.63) is 51.4 Å². The Morgan fingerprint density at radius 2 is 2.13 bits per heavy atom. The minimum absolute atomic E-state index is 0.161. The first-order valence-electron chi connectivity index (χ1n) is 4.48. The van der Waals surface area contributed by atoms with Gasteiger partial charge in [0.15, 0.2) is 0 Å². The van der Waals surface area contributed by atoms with Crippen LogP contribution in [0.5, 0.6) is 0 Å². The Morgan fingerprint density at radius 3 is 2.73 bits per heavy atom. The van der Waals surface area contributed by atoms with Crippen LogP contribution in [0.15, 0.2) is 35.3 Å². The summed E-state index contributed by atoms with van der Waals surface area (Å²) in [7, 11) is 0. The molecule has 3 N–H and O–H groups in total. The molecule has 0 saturated heterocycles. The quantitative estimate of drug-likeness (QED) is 0.806. The molecule has 4 nitrogen and oxygen atoms in total. The molecular formula is C10H10ClN3O. The van der Waals surface area contributed by atoms with Gasteiger partial charge in [-0.2, -0.15) is 0 Å². The van der Waals surface area contributed by atoms with Crippen molar-refractivity contribution in [2.24, 2.45) is 5.73 Å². The lowest BCUT2D eigenvalue weighted by Gasteiger charge is -2.02. The molecule has 1 heterocycles. The van der Waals surface area contributed by atoms with Crippen LogP contribution in [-0.2, 0) is 6.54 Å². The Bertz CT molecular complexity index is 529. The van der Waals surface area contributed by atoms with Crippen LogP contribution in [0.2, 0.25) is 5.02 Å². The second-order valence-corrected chi connectivity index (χ2v) is 3.50. The lowest BCUT2D eigenvalue weighted by Crippen LogP contribution is -2.19. The van der Waals surface area contributed by atoms with Gasteiger partial charge in [0.2, 0.25) is 0 Å². The SMILES string of the molecule is NCc1c[nH]n(-c2ccccc2Cl)c1=O. The Morgan fingerprint density at radius 1 is 1.40 bits per heavy atom. The summed E-state index contributed by atoms with van der Waals surface area (Å²) in [5.74, 6) is 0. The van der Waals surface area contributed by atoms with E-state index in [0.29, 0.717) is 16.3 Å². The summed E-state index contributed by atoms with van der Waals surface area (Å²) in [6.45, 7) is 0.215. The third kappa shape index (κ3) is 1.69. The molecule has 0 bridgehead atoms. The van der Waals surface area contributed by atoms with E-state index in [1.807, 2.05) is 12.1 Å². The first kappa shape index (κ1) is 10.0. The van der Waals surface area contributed by atoms with Crippen molar-refractivity contribution in [3.63, 3.8) is 0 Å². The number of aromatic amines is 1. The van der Waals surface area contributed by atoms with Gasteiger partial charge in [-0.1, -0.05) is 23.7 Å². The van der Waals surface area contributed by atoms with Crippen molar-refractivity contribution in [1.82, 2.24) is 9.78 Å². The predicted octanol–water partition coefficient (Wildman–Crippen LogP) is 1.28. The molecule has 0 spiro atoms. The third-order valence-corrected chi connectivity index (χ3v) is 2.48. The maximum Gasteiger partial charge on any atom is 0.275 e. The molecule has 0 aliphatic carbocycles. The van der Waals surface area contributed by atoms with Gasteiger partial charge in [0, 0.05) is 12.7 Å². The predicted molar refractivity (Wildman–Crippen MR) is 59.3 cm³/mol. The molecule has 2 aromatic rings. The number of benzene rings is 1. The largest absolute Gasteiger partial charge is 0.326 e. The van der Waals surface area contributed by atoms with E-state index in [4.69, 9.17) is 17.3 Å². The average Bonchev–Trinajstić information content (AvgIpc) is 2.60. The molecule has 2 rings (SSSR count). The summed E-state index contributed by atoms with van der Waals surface area (Å²) in [6, 6.07) is 7.12. The highest BCUT2D eigenvalue weighted by molar-refractivity contribution is 6.32. The highest BCUT2D eigenvalue weighted by Crippen LogP contribution is 2.17. The molecule has 0 saturated carbocycles. The zero-order chi connectivity index (χ0) is 10.8. The maximum atomic E-state index is 11.7. The second kappa shape index (κ2) is 3.92. The van der Waals surface area contributed by atoms with E-state index in [1.54, 1.807) is 18.3 Å². The molecule has 0 amide bonds. The molecule has 0 aliphatic rings. The van der Waals surface area contributed by atoms with Gasteiger partial charge in [-0.25, -0.2) is 4.68 Å². The topological polar surface area (TPSA) is 63.8 Å². The minimum atomic E-state index is -0.161. The standard InChI is InChI=1S/C10H10ClN3O/c11-8-3-1-2-4-9(8)14-10(15)7(5-12)6-13-14/h1-4,6,13H,5,12H2. The Labute approximate surface area is 91.3 Å². The number of nitrogens with two attached hydrogens (primary N) is 1. The van der Waals surface area contributed by atoms with E-state index in [0.717, 1.165) is 0 Å². The van der Waals surface area contributed by atoms with Gasteiger partial charge >= 0.3 is 0 Å². The van der Waals surface area contributed by atoms with Crippen molar-refractivity contribution in [3.8, 4) is 5.69 Å². The molecule has 0 unspecified atom stereocenters. The van der Waals surface area contributed by atoms with Crippen LogP contribution >= 0.6 is 11.6 Å². The van der Waals surface area contributed by atoms with Gasteiger partial charge in [0.1, 0.15) is 0 Å². The van der Waals surface area contributed by atoms with Crippen LogP contribution < -0.4 is 11.3 Å². The molecule has 0 radical (unpaired) electrons. The smallest absolute Gasteiger partial charge is 0.275 e. The van der Waals surface area contributed by atoms with E-state index < -0.39 is 0 Å². The van der Waals surface area contributed by atoms with Gasteiger partial charge in [0.05, 0.1) is 16.3 Å². The van der Waals surface area contributed by atoms with E-state index in [-0.39, 0.29) is 12.1 Å². The van der Waals surface area contributed by atoms with E-state index >= 15 is 0 Å². The lowest BCUT2D eigenvalue weighted by molar-refractivity contribution is 0.846. The number of aromatic nitrogens is 2. The molecule has 78 valence electrons. The summed E-state index contributed by atoms with van der Waals surface area (Å²) in [5.41, 5.74) is 6.42. The monoisotopic (exact) mass is 223 g/mol. The van der Waals surface area contributed by atoms with Gasteiger partial charge in [-0.15, -0.1) is 0 Å². The van der Waals surface area contributed by atoms with Crippen LogP contribution in [-0.4, -0.2) is 9.78 Å². The van der Waals surface area contributed by atoms with Crippen LogP contribution in [0.25, 0.3) is 5.69 Å². The van der Waals surface area contributed by atoms with Crippen LogP contribution in [0.1, 0.15) is 5.56 Å². The number of rotatable bonds is 2. The van der Waals surface area contributed by atoms with Crippen LogP contribution in [0.3, 0.4) is 0 Å². The van der Waals surface area contributed by atoms with Crippen molar-refractivity contribution < 1.29 is 0 Å². The average molecular weight is 224 g/mol.